The maximum absolute atomic E-state index is 5.21. The molecule has 2 aliphatic rings. The van der Waals surface area contributed by atoms with Crippen LogP contribution in [0.2, 0.25) is 5.04 Å². The van der Waals surface area contributed by atoms with Gasteiger partial charge < -0.3 is 4.74 Å². The maximum Gasteiger partial charge on any atom is 0.119 e. The Morgan fingerprint density at radius 2 is 2.12 bits per heavy atom. The van der Waals surface area contributed by atoms with Crippen LogP contribution in [-0.2, 0) is 0 Å². The van der Waals surface area contributed by atoms with E-state index in [1.807, 2.05) is 37.3 Å². The van der Waals surface area contributed by atoms with Crippen LogP contribution in [0.4, 0.5) is 0 Å². The molecule has 0 radical (unpaired) electrons. The van der Waals surface area contributed by atoms with Gasteiger partial charge in [-0.05, 0) is 49.3 Å². The lowest BCUT2D eigenvalue weighted by Crippen LogP contribution is -1.99. The molecule has 3 rings (SSSR count). The van der Waals surface area contributed by atoms with Crippen LogP contribution >= 0.6 is 0 Å². The van der Waals surface area contributed by atoms with Crippen LogP contribution in [0, 0.1) is 5.92 Å². The highest BCUT2D eigenvalue weighted by atomic mass is 28.1. The van der Waals surface area contributed by atoms with Gasteiger partial charge in [-0.25, -0.2) is 0 Å². The molecule has 17 heavy (non-hydrogen) atoms. The van der Waals surface area contributed by atoms with Crippen LogP contribution in [0.1, 0.15) is 26.2 Å². The van der Waals surface area contributed by atoms with Gasteiger partial charge in [0.15, 0.2) is 0 Å². The third-order valence-corrected chi connectivity index (χ3v) is 4.88. The van der Waals surface area contributed by atoms with E-state index < -0.39 is 0 Å². The lowest BCUT2D eigenvalue weighted by atomic mass is 10.1. The molecule has 0 amide bonds. The molecule has 2 aliphatic carbocycles. The lowest BCUT2D eigenvalue weighted by molar-refractivity contribution is 0.340. The Bertz CT molecular complexity index is 374. The van der Waals surface area contributed by atoms with Crippen molar-refractivity contribution in [1.29, 1.82) is 0 Å². The van der Waals surface area contributed by atoms with Gasteiger partial charge in [0, 0.05) is 10.2 Å². The second-order valence-corrected chi connectivity index (χ2v) is 7.25. The smallest absolute Gasteiger partial charge is 0.119 e. The van der Waals surface area contributed by atoms with Crippen molar-refractivity contribution in [2.24, 2.45) is 5.92 Å². The van der Waals surface area contributed by atoms with E-state index in [9.17, 15) is 0 Å². The summed E-state index contributed by atoms with van der Waals surface area (Å²) < 4.78 is 5.21. The molecule has 0 aliphatic heterocycles. The molecule has 1 nitrogen and oxygen atoms in total. The molecule has 0 heterocycles. The molecule has 1 aromatic rings. The van der Waals surface area contributed by atoms with Crippen molar-refractivity contribution in [2.75, 3.05) is 6.61 Å². The predicted octanol–water partition coefficient (Wildman–Crippen LogP) is 2.97. The summed E-state index contributed by atoms with van der Waals surface area (Å²) in [4.78, 5) is 0. The molecule has 2 unspecified atom stereocenters. The third kappa shape index (κ3) is 3.47. The zero-order valence-electron chi connectivity index (χ0n) is 10.9. The normalized spacial score (nSPS) is 28.9. The van der Waals surface area contributed by atoms with Gasteiger partial charge in [-0.2, -0.15) is 0 Å². The van der Waals surface area contributed by atoms with Crippen molar-refractivity contribution in [3.63, 3.8) is 0 Å². The number of rotatable bonds is 2. The Kier molecular flexibility index (Phi) is 4.05. The van der Waals surface area contributed by atoms with E-state index in [0.717, 1.165) is 23.3 Å². The average molecular weight is 246 g/mol. The molecular formula is C15H22OSi. The summed E-state index contributed by atoms with van der Waals surface area (Å²) >= 11 is 0. The molecule has 1 aromatic carbocycles. The number of fused-ring (bicyclic) bond motifs is 2. The zero-order valence-corrected chi connectivity index (χ0v) is 12.9. The van der Waals surface area contributed by atoms with Crippen molar-refractivity contribution < 1.29 is 4.74 Å². The van der Waals surface area contributed by atoms with Gasteiger partial charge in [0.2, 0.25) is 0 Å². The summed E-state index contributed by atoms with van der Waals surface area (Å²) in [6.45, 7) is 2.72. The summed E-state index contributed by atoms with van der Waals surface area (Å²) in [6, 6.07) is 9.80. The monoisotopic (exact) mass is 246 g/mol. The van der Waals surface area contributed by atoms with Crippen molar-refractivity contribution in [1.82, 2.24) is 0 Å². The van der Waals surface area contributed by atoms with Gasteiger partial charge in [0.25, 0.3) is 0 Å². The van der Waals surface area contributed by atoms with E-state index in [1.165, 1.54) is 29.5 Å². The van der Waals surface area contributed by atoms with Crippen LogP contribution in [-0.4, -0.2) is 16.8 Å². The predicted molar refractivity (Wildman–Crippen MR) is 76.7 cm³/mol. The van der Waals surface area contributed by atoms with Crippen LogP contribution in [0.5, 0.6) is 5.75 Å². The standard InChI is InChI=1S/C8H10O.C7H12Si/c1-2-9-8-6-4-3-5-7-8;8-7-3-1-6(5-7)2-4-7/h3-7H,2H2,1H3;1,3,6H,2,4-5H2,8H3. The minimum Gasteiger partial charge on any atom is -0.494 e. The molecule has 1 saturated carbocycles. The van der Waals surface area contributed by atoms with Crippen molar-refractivity contribution in [2.45, 2.75) is 31.2 Å². The summed E-state index contributed by atoms with van der Waals surface area (Å²) in [5.41, 5.74) is 0. The molecule has 0 spiro atoms. The van der Waals surface area contributed by atoms with Crippen molar-refractivity contribution in [3.8, 4) is 5.75 Å². The molecule has 92 valence electrons. The van der Waals surface area contributed by atoms with E-state index in [1.54, 1.807) is 0 Å². The molecule has 1 fully saturated rings. The minimum atomic E-state index is 0.740. The molecular weight excluding hydrogens is 224 g/mol. The molecule has 2 atom stereocenters. The van der Waals surface area contributed by atoms with Crippen LogP contribution in [0.3, 0.4) is 0 Å². The third-order valence-electron chi connectivity index (χ3n) is 3.64. The Morgan fingerprint density at radius 3 is 2.47 bits per heavy atom. The lowest BCUT2D eigenvalue weighted by Gasteiger charge is -2.14. The highest BCUT2D eigenvalue weighted by Gasteiger charge is 2.35. The zero-order chi connectivity index (χ0) is 12.1. The maximum atomic E-state index is 5.21. The molecule has 2 bridgehead atoms. The van der Waals surface area contributed by atoms with E-state index in [4.69, 9.17) is 4.74 Å². The highest BCUT2D eigenvalue weighted by molar-refractivity contribution is 6.17. The first kappa shape index (κ1) is 12.4. The van der Waals surface area contributed by atoms with E-state index >= 15 is 0 Å². The molecule has 0 N–H and O–H groups in total. The van der Waals surface area contributed by atoms with Gasteiger partial charge in [-0.15, -0.1) is 0 Å². The van der Waals surface area contributed by atoms with E-state index in [0.29, 0.717) is 0 Å². The quantitative estimate of drug-likeness (QED) is 0.576. The fourth-order valence-corrected chi connectivity index (χ4v) is 3.69. The van der Waals surface area contributed by atoms with E-state index in [2.05, 4.69) is 12.2 Å². The first-order valence-corrected chi connectivity index (χ1v) is 7.59. The second-order valence-electron chi connectivity index (χ2n) is 5.26. The summed E-state index contributed by atoms with van der Waals surface area (Å²) in [6.07, 6.45) is 9.38. The van der Waals surface area contributed by atoms with Crippen LogP contribution < -0.4 is 4.74 Å². The molecule has 0 aromatic heterocycles. The van der Waals surface area contributed by atoms with Crippen LogP contribution in [0.15, 0.2) is 42.5 Å². The highest BCUT2D eigenvalue weighted by Crippen LogP contribution is 2.52. The SMILES string of the molecule is CCOc1ccccc1.[SiH3]C12C=CC(CC1)C2. The average Bonchev–Trinajstić information content (AvgIpc) is 2.90. The topological polar surface area (TPSA) is 9.23 Å². The Balaban J connectivity index is 0.000000127. The first-order chi connectivity index (χ1) is 8.22. The minimum absolute atomic E-state index is 0.740. The van der Waals surface area contributed by atoms with Gasteiger partial charge >= 0.3 is 0 Å². The summed E-state index contributed by atoms with van der Waals surface area (Å²) in [5.74, 6) is 1.94. The van der Waals surface area contributed by atoms with Gasteiger partial charge in [0.05, 0.1) is 6.61 Å². The number of para-hydroxylation sites is 1. The summed E-state index contributed by atoms with van der Waals surface area (Å²) in [5, 5.41) is 0.769. The molecule has 0 saturated heterocycles. The number of hydrogen-bond acceptors (Lipinski definition) is 1. The second kappa shape index (κ2) is 5.54. The number of benzene rings is 1. The van der Waals surface area contributed by atoms with Crippen LogP contribution in [0.25, 0.3) is 0 Å². The van der Waals surface area contributed by atoms with Gasteiger partial charge in [0.1, 0.15) is 5.75 Å². The Labute approximate surface area is 107 Å². The number of allylic oxidation sites excluding steroid dienone is 2. The molecule has 2 heteroatoms. The summed E-state index contributed by atoms with van der Waals surface area (Å²) in [7, 11) is 1.39. The fraction of sp³-hybridized carbons (Fsp3) is 0.467. The largest absolute Gasteiger partial charge is 0.494 e. The Hall–Kier alpha value is -1.02. The number of hydrogen-bond donors (Lipinski definition) is 0. The Morgan fingerprint density at radius 1 is 1.35 bits per heavy atom. The van der Waals surface area contributed by atoms with Gasteiger partial charge in [-0.3, -0.25) is 0 Å². The van der Waals surface area contributed by atoms with Crippen molar-refractivity contribution >= 4 is 10.2 Å². The fourth-order valence-electron chi connectivity index (χ4n) is 2.69. The number of ether oxygens (including phenoxy) is 1. The van der Waals surface area contributed by atoms with Crippen molar-refractivity contribution in [3.05, 3.63) is 42.5 Å². The van der Waals surface area contributed by atoms with E-state index in [-0.39, 0.29) is 0 Å². The first-order valence-electron chi connectivity index (χ1n) is 6.59. The van der Waals surface area contributed by atoms with Gasteiger partial charge in [-0.1, -0.05) is 30.4 Å².